The van der Waals surface area contributed by atoms with E-state index in [1.807, 2.05) is 12.1 Å². The van der Waals surface area contributed by atoms with Gasteiger partial charge in [-0.1, -0.05) is 18.6 Å². The second kappa shape index (κ2) is 5.21. The van der Waals surface area contributed by atoms with Crippen molar-refractivity contribution in [3.63, 3.8) is 0 Å². The van der Waals surface area contributed by atoms with E-state index in [-0.39, 0.29) is 0 Å². The molecule has 0 spiro atoms. The van der Waals surface area contributed by atoms with Crippen molar-refractivity contribution >= 4 is 18.3 Å². The summed E-state index contributed by atoms with van der Waals surface area (Å²) in [7, 11) is 3.87. The van der Waals surface area contributed by atoms with E-state index in [1.165, 1.54) is 24.9 Å². The van der Waals surface area contributed by atoms with Gasteiger partial charge >= 0.3 is 0 Å². The average molecular weight is 251 g/mol. The van der Waals surface area contributed by atoms with Gasteiger partial charge < -0.3 is 9.64 Å². The average Bonchev–Trinajstić information content (AvgIpc) is 2.33. The second-order valence-electron chi connectivity index (χ2n) is 5.04. The number of rotatable bonds is 5. The first-order valence-electron chi connectivity index (χ1n) is 6.16. The molecule has 0 aromatic heterocycles. The summed E-state index contributed by atoms with van der Waals surface area (Å²) in [6.45, 7) is 1.07. The molecule has 1 saturated carbocycles. The molecule has 1 aliphatic carbocycles. The number of nitrogens with zero attached hydrogens (tertiary/aromatic N) is 1. The van der Waals surface area contributed by atoms with Gasteiger partial charge in [-0.25, -0.2) is 0 Å². The third-order valence-corrected chi connectivity index (χ3v) is 4.49. The highest BCUT2D eigenvalue weighted by molar-refractivity contribution is 7.80. The summed E-state index contributed by atoms with van der Waals surface area (Å²) in [5, 5.41) is 0. The molecule has 0 heterocycles. The fraction of sp³-hybridized carbons (Fsp3) is 0.571. The summed E-state index contributed by atoms with van der Waals surface area (Å²) in [5.41, 5.74) is 1.58. The van der Waals surface area contributed by atoms with E-state index in [4.69, 9.17) is 4.74 Å². The summed E-state index contributed by atoms with van der Waals surface area (Å²) < 4.78 is 5.41. The van der Waals surface area contributed by atoms with Crippen molar-refractivity contribution in [1.29, 1.82) is 0 Å². The van der Waals surface area contributed by atoms with Crippen LogP contribution in [0, 0.1) is 5.41 Å². The van der Waals surface area contributed by atoms with Crippen molar-refractivity contribution in [3.8, 4) is 5.75 Å². The van der Waals surface area contributed by atoms with Crippen LogP contribution < -0.4 is 9.64 Å². The van der Waals surface area contributed by atoms with Gasteiger partial charge in [-0.05, 0) is 36.1 Å². The monoisotopic (exact) mass is 251 g/mol. The molecule has 1 fully saturated rings. The lowest BCUT2D eigenvalue weighted by Crippen LogP contribution is -2.42. The van der Waals surface area contributed by atoms with Gasteiger partial charge in [0.15, 0.2) is 0 Å². The number of ether oxygens (including phenoxy) is 1. The normalized spacial score (nSPS) is 17.4. The van der Waals surface area contributed by atoms with Gasteiger partial charge in [0.2, 0.25) is 0 Å². The number of benzene rings is 1. The Labute approximate surface area is 109 Å². The molecule has 3 heteroatoms. The first-order chi connectivity index (χ1) is 8.21. The molecular formula is C14H21NOS. The number of thiol groups is 1. The van der Waals surface area contributed by atoms with Crippen molar-refractivity contribution in [3.05, 3.63) is 24.3 Å². The summed E-state index contributed by atoms with van der Waals surface area (Å²) in [6.07, 6.45) is 3.95. The molecule has 0 atom stereocenters. The van der Waals surface area contributed by atoms with Gasteiger partial charge in [0.25, 0.3) is 0 Å². The van der Waals surface area contributed by atoms with Crippen LogP contribution in [0.1, 0.15) is 19.3 Å². The molecule has 94 valence electrons. The van der Waals surface area contributed by atoms with Crippen LogP contribution in [0.3, 0.4) is 0 Å². The van der Waals surface area contributed by atoms with E-state index >= 15 is 0 Å². The van der Waals surface area contributed by atoms with Gasteiger partial charge in [0.05, 0.1) is 12.8 Å². The molecular weight excluding hydrogens is 230 g/mol. The van der Waals surface area contributed by atoms with Gasteiger partial charge in [-0.3, -0.25) is 0 Å². The van der Waals surface area contributed by atoms with E-state index in [9.17, 15) is 0 Å². The number of hydrogen-bond acceptors (Lipinski definition) is 3. The quantitative estimate of drug-likeness (QED) is 0.807. The molecule has 1 aromatic carbocycles. The highest BCUT2D eigenvalue weighted by Gasteiger charge is 2.36. The van der Waals surface area contributed by atoms with Gasteiger partial charge in [-0.2, -0.15) is 12.6 Å². The van der Waals surface area contributed by atoms with Crippen LogP contribution in [0.25, 0.3) is 0 Å². The minimum absolute atomic E-state index is 0.415. The summed E-state index contributed by atoms with van der Waals surface area (Å²) in [6, 6.07) is 8.19. The van der Waals surface area contributed by atoms with Crippen LogP contribution in [0.5, 0.6) is 5.75 Å². The fourth-order valence-electron chi connectivity index (χ4n) is 2.58. The Morgan fingerprint density at radius 3 is 2.59 bits per heavy atom. The molecule has 1 aliphatic rings. The second-order valence-corrected chi connectivity index (χ2v) is 5.36. The van der Waals surface area contributed by atoms with Gasteiger partial charge in [-0.15, -0.1) is 0 Å². The van der Waals surface area contributed by atoms with Gasteiger partial charge in [0.1, 0.15) is 5.75 Å². The van der Waals surface area contributed by atoms with Crippen molar-refractivity contribution < 1.29 is 4.74 Å². The highest BCUT2D eigenvalue weighted by atomic mass is 32.1. The lowest BCUT2D eigenvalue weighted by atomic mass is 9.70. The Bertz CT molecular complexity index is 371. The smallest absolute Gasteiger partial charge is 0.142 e. The van der Waals surface area contributed by atoms with E-state index in [0.717, 1.165) is 18.0 Å². The maximum Gasteiger partial charge on any atom is 0.142 e. The number of hydrogen-bond donors (Lipinski definition) is 1. The number of anilines is 1. The zero-order valence-corrected chi connectivity index (χ0v) is 11.5. The zero-order chi connectivity index (χ0) is 12.3. The van der Waals surface area contributed by atoms with E-state index < -0.39 is 0 Å². The van der Waals surface area contributed by atoms with E-state index in [0.29, 0.717) is 5.41 Å². The van der Waals surface area contributed by atoms with E-state index in [1.54, 1.807) is 7.11 Å². The maximum atomic E-state index is 5.41. The lowest BCUT2D eigenvalue weighted by Gasteiger charge is -2.44. The van der Waals surface area contributed by atoms with Gasteiger partial charge in [0, 0.05) is 13.6 Å². The minimum Gasteiger partial charge on any atom is -0.495 e. The van der Waals surface area contributed by atoms with Crippen LogP contribution in [0.4, 0.5) is 5.69 Å². The molecule has 0 bridgehead atoms. The number of methoxy groups -OCH3 is 1. The Kier molecular flexibility index (Phi) is 3.87. The molecule has 2 nitrogen and oxygen atoms in total. The van der Waals surface area contributed by atoms with Crippen LogP contribution in [-0.2, 0) is 0 Å². The molecule has 0 N–H and O–H groups in total. The summed E-state index contributed by atoms with van der Waals surface area (Å²) in [5.74, 6) is 1.93. The SMILES string of the molecule is COc1ccccc1N(C)CC1(CS)CCC1. The van der Waals surface area contributed by atoms with Crippen LogP contribution in [0.2, 0.25) is 0 Å². The van der Waals surface area contributed by atoms with Crippen molar-refractivity contribution in [2.24, 2.45) is 5.41 Å². The number of para-hydroxylation sites is 2. The van der Waals surface area contributed by atoms with E-state index in [2.05, 4.69) is 36.7 Å². The Balaban J connectivity index is 2.11. The first-order valence-corrected chi connectivity index (χ1v) is 6.79. The molecule has 0 radical (unpaired) electrons. The Morgan fingerprint density at radius 2 is 2.06 bits per heavy atom. The summed E-state index contributed by atoms with van der Waals surface area (Å²) >= 11 is 4.51. The van der Waals surface area contributed by atoms with Crippen molar-refractivity contribution in [2.45, 2.75) is 19.3 Å². The molecule has 17 heavy (non-hydrogen) atoms. The maximum absolute atomic E-state index is 5.41. The standard InChI is InChI=1S/C14H21NOS/c1-15(10-14(11-17)8-5-9-14)12-6-3-4-7-13(12)16-2/h3-4,6-7,17H,5,8-11H2,1-2H3. The van der Waals surface area contributed by atoms with Crippen LogP contribution >= 0.6 is 12.6 Å². The Hall–Kier alpha value is -0.830. The molecule has 0 saturated heterocycles. The van der Waals surface area contributed by atoms with Crippen LogP contribution in [-0.4, -0.2) is 26.5 Å². The predicted molar refractivity (Wildman–Crippen MR) is 76.4 cm³/mol. The largest absolute Gasteiger partial charge is 0.495 e. The minimum atomic E-state index is 0.415. The van der Waals surface area contributed by atoms with Crippen LogP contribution in [0.15, 0.2) is 24.3 Å². The first kappa shape index (κ1) is 12.6. The Morgan fingerprint density at radius 1 is 1.35 bits per heavy atom. The predicted octanol–water partition coefficient (Wildman–Crippen LogP) is 3.23. The molecule has 0 aliphatic heterocycles. The molecule has 2 rings (SSSR count). The van der Waals surface area contributed by atoms with Crippen molar-refractivity contribution in [2.75, 3.05) is 31.4 Å². The highest BCUT2D eigenvalue weighted by Crippen LogP contribution is 2.43. The lowest BCUT2D eigenvalue weighted by molar-refractivity contribution is 0.178. The zero-order valence-electron chi connectivity index (χ0n) is 10.6. The third-order valence-electron chi connectivity index (χ3n) is 3.82. The third kappa shape index (κ3) is 2.54. The molecule has 1 aromatic rings. The topological polar surface area (TPSA) is 12.5 Å². The van der Waals surface area contributed by atoms with Crippen molar-refractivity contribution in [1.82, 2.24) is 0 Å². The molecule has 0 amide bonds. The molecule has 0 unspecified atom stereocenters. The fourth-order valence-corrected chi connectivity index (χ4v) is 2.99. The summed E-state index contributed by atoms with van der Waals surface area (Å²) in [4.78, 5) is 2.30.